The van der Waals surface area contributed by atoms with Crippen LogP contribution in [0.5, 0.6) is 0 Å². The van der Waals surface area contributed by atoms with Gasteiger partial charge in [-0.25, -0.2) is 4.79 Å². The van der Waals surface area contributed by atoms with E-state index in [1.54, 1.807) is 4.90 Å². The van der Waals surface area contributed by atoms with E-state index in [-0.39, 0.29) is 11.8 Å². The highest BCUT2D eigenvalue weighted by molar-refractivity contribution is 5.86. The summed E-state index contributed by atoms with van der Waals surface area (Å²) < 4.78 is 5.43. The second-order valence-corrected chi connectivity index (χ2v) is 7.02. The fourth-order valence-electron chi connectivity index (χ4n) is 3.00. The molecule has 0 aromatic rings. The van der Waals surface area contributed by atoms with Crippen molar-refractivity contribution in [3.8, 4) is 0 Å². The van der Waals surface area contributed by atoms with Gasteiger partial charge in [0.2, 0.25) is 5.91 Å². The zero-order valence-electron chi connectivity index (χ0n) is 13.3. The van der Waals surface area contributed by atoms with E-state index in [4.69, 9.17) is 10.5 Å². The van der Waals surface area contributed by atoms with Gasteiger partial charge in [0, 0.05) is 19.6 Å². The van der Waals surface area contributed by atoms with Crippen molar-refractivity contribution in [1.29, 1.82) is 0 Å². The van der Waals surface area contributed by atoms with Crippen LogP contribution in [-0.4, -0.2) is 59.6 Å². The monoisotopic (exact) mass is 297 g/mol. The molecule has 0 spiro atoms. The summed E-state index contributed by atoms with van der Waals surface area (Å²) in [5.74, 6) is 0.225. The van der Waals surface area contributed by atoms with E-state index < -0.39 is 17.7 Å². The van der Waals surface area contributed by atoms with Gasteiger partial charge in [-0.15, -0.1) is 0 Å². The molecule has 6 nitrogen and oxygen atoms in total. The van der Waals surface area contributed by atoms with Crippen LogP contribution in [-0.2, 0) is 9.53 Å². The number of hydrogen-bond donors (Lipinski definition) is 1. The zero-order valence-corrected chi connectivity index (χ0v) is 13.3. The highest BCUT2D eigenvalue weighted by atomic mass is 16.6. The van der Waals surface area contributed by atoms with Crippen LogP contribution in [0.3, 0.4) is 0 Å². The minimum atomic E-state index is -0.556. The van der Waals surface area contributed by atoms with Gasteiger partial charge in [-0.3, -0.25) is 9.69 Å². The molecule has 2 fully saturated rings. The maximum atomic E-state index is 12.6. The second-order valence-electron chi connectivity index (χ2n) is 7.02. The predicted octanol–water partition coefficient (Wildman–Crippen LogP) is 1.19. The van der Waals surface area contributed by atoms with Gasteiger partial charge in [0.1, 0.15) is 11.6 Å². The number of rotatable bonds is 2. The van der Waals surface area contributed by atoms with E-state index in [0.717, 1.165) is 25.9 Å². The molecule has 2 aliphatic rings. The first-order valence-corrected chi connectivity index (χ1v) is 7.80. The molecule has 2 N–H and O–H groups in total. The van der Waals surface area contributed by atoms with E-state index in [2.05, 4.69) is 0 Å². The molecule has 2 aliphatic heterocycles. The minimum absolute atomic E-state index is 0.0503. The Morgan fingerprint density at radius 2 is 1.86 bits per heavy atom. The molecule has 2 saturated heterocycles. The lowest BCUT2D eigenvalue weighted by atomic mass is 10.1. The minimum Gasteiger partial charge on any atom is -0.444 e. The lowest BCUT2D eigenvalue weighted by molar-refractivity contribution is -0.134. The third-order valence-electron chi connectivity index (χ3n) is 4.05. The molecular weight excluding hydrogens is 270 g/mol. The Balaban J connectivity index is 2.08. The van der Waals surface area contributed by atoms with Gasteiger partial charge in [-0.05, 0) is 52.5 Å². The maximum Gasteiger partial charge on any atom is 0.410 e. The second kappa shape index (κ2) is 6.22. The van der Waals surface area contributed by atoms with Crippen LogP contribution in [0.15, 0.2) is 0 Å². The summed E-state index contributed by atoms with van der Waals surface area (Å²) in [6, 6.07) is -0.411. The maximum absolute atomic E-state index is 12.6. The van der Waals surface area contributed by atoms with Crippen molar-refractivity contribution < 1.29 is 14.3 Å². The van der Waals surface area contributed by atoms with Crippen molar-refractivity contribution in [2.75, 3.05) is 26.2 Å². The molecule has 120 valence electrons. The zero-order chi connectivity index (χ0) is 15.6. The summed E-state index contributed by atoms with van der Waals surface area (Å²) in [5, 5.41) is 0. The molecular formula is C15H27N3O3. The smallest absolute Gasteiger partial charge is 0.410 e. The molecule has 21 heavy (non-hydrogen) atoms. The Morgan fingerprint density at radius 1 is 1.24 bits per heavy atom. The van der Waals surface area contributed by atoms with Crippen LogP contribution >= 0.6 is 0 Å². The molecule has 0 bridgehead atoms. The highest BCUT2D eigenvalue weighted by Crippen LogP contribution is 2.27. The summed E-state index contributed by atoms with van der Waals surface area (Å²) in [5.41, 5.74) is 5.18. The first kappa shape index (κ1) is 16.1. The number of ether oxygens (including phenoxy) is 1. The standard InChI is InChI=1S/C15H27N3O3/c1-15(2,3)21-14(20)18-10-11(9-16)8-12(18)13(19)17-6-4-5-7-17/h11-12H,4-10,16H2,1-3H3/t11?,12-/m0/s1. The summed E-state index contributed by atoms with van der Waals surface area (Å²) in [4.78, 5) is 28.4. The average molecular weight is 297 g/mol. The van der Waals surface area contributed by atoms with E-state index in [9.17, 15) is 9.59 Å². The number of nitrogens with two attached hydrogens (primary N) is 1. The summed E-state index contributed by atoms with van der Waals surface area (Å²) >= 11 is 0. The van der Waals surface area contributed by atoms with E-state index >= 15 is 0 Å². The average Bonchev–Trinajstić information content (AvgIpc) is 3.05. The first-order valence-electron chi connectivity index (χ1n) is 7.80. The molecule has 0 aromatic heterocycles. The molecule has 0 aliphatic carbocycles. The number of hydrogen-bond acceptors (Lipinski definition) is 4. The normalized spacial score (nSPS) is 26.3. The molecule has 6 heteroatoms. The van der Waals surface area contributed by atoms with Crippen LogP contribution in [0.25, 0.3) is 0 Å². The van der Waals surface area contributed by atoms with Gasteiger partial charge in [0.05, 0.1) is 0 Å². The first-order chi connectivity index (χ1) is 9.81. The molecule has 2 rings (SSSR count). The van der Waals surface area contributed by atoms with Crippen molar-refractivity contribution in [3.05, 3.63) is 0 Å². The Kier molecular flexibility index (Phi) is 4.76. The van der Waals surface area contributed by atoms with Crippen molar-refractivity contribution in [2.24, 2.45) is 11.7 Å². The number of carbonyl (C=O) groups excluding carboxylic acids is 2. The van der Waals surface area contributed by atoms with Crippen LogP contribution in [0.2, 0.25) is 0 Å². The number of nitrogens with zero attached hydrogens (tertiary/aromatic N) is 2. The summed E-state index contributed by atoms with van der Waals surface area (Å²) in [6.45, 7) is 8.09. The van der Waals surface area contributed by atoms with Crippen molar-refractivity contribution >= 4 is 12.0 Å². The molecule has 0 saturated carbocycles. The van der Waals surface area contributed by atoms with Crippen LogP contribution in [0, 0.1) is 5.92 Å². The fraction of sp³-hybridized carbons (Fsp3) is 0.867. The number of carbonyl (C=O) groups is 2. The van der Waals surface area contributed by atoms with E-state index in [1.165, 1.54) is 0 Å². The van der Waals surface area contributed by atoms with Gasteiger partial charge < -0.3 is 15.4 Å². The SMILES string of the molecule is CC(C)(C)OC(=O)N1CC(CN)C[C@H]1C(=O)N1CCCC1. The number of amides is 2. The lowest BCUT2D eigenvalue weighted by Crippen LogP contribution is -2.48. The summed E-state index contributed by atoms with van der Waals surface area (Å²) in [6.07, 6.45) is 2.33. The van der Waals surface area contributed by atoms with Gasteiger partial charge in [0.25, 0.3) is 0 Å². The van der Waals surface area contributed by atoms with Crippen LogP contribution in [0.4, 0.5) is 4.79 Å². The topological polar surface area (TPSA) is 75.9 Å². The Morgan fingerprint density at radius 3 is 2.38 bits per heavy atom. The molecule has 2 amide bonds. The van der Waals surface area contributed by atoms with E-state index in [0.29, 0.717) is 19.5 Å². The van der Waals surface area contributed by atoms with Crippen molar-refractivity contribution in [3.63, 3.8) is 0 Å². The highest BCUT2D eigenvalue weighted by Gasteiger charge is 2.42. The predicted molar refractivity (Wildman–Crippen MR) is 79.7 cm³/mol. The summed E-state index contributed by atoms with van der Waals surface area (Å²) in [7, 11) is 0. The molecule has 1 unspecified atom stereocenters. The lowest BCUT2D eigenvalue weighted by Gasteiger charge is -2.30. The van der Waals surface area contributed by atoms with Gasteiger partial charge in [-0.1, -0.05) is 0 Å². The van der Waals surface area contributed by atoms with Gasteiger partial charge in [0.15, 0.2) is 0 Å². The Labute approximate surface area is 126 Å². The molecule has 0 aromatic carbocycles. The van der Waals surface area contributed by atoms with Crippen molar-refractivity contribution in [1.82, 2.24) is 9.80 Å². The third kappa shape index (κ3) is 3.87. The largest absolute Gasteiger partial charge is 0.444 e. The fourth-order valence-corrected chi connectivity index (χ4v) is 3.00. The van der Waals surface area contributed by atoms with Crippen LogP contribution < -0.4 is 5.73 Å². The quantitative estimate of drug-likeness (QED) is 0.831. The Bertz CT molecular complexity index is 399. The molecule has 0 radical (unpaired) electrons. The third-order valence-corrected chi connectivity index (χ3v) is 4.05. The molecule has 2 atom stereocenters. The molecule has 2 heterocycles. The van der Waals surface area contributed by atoms with Crippen molar-refractivity contribution in [2.45, 2.75) is 51.7 Å². The van der Waals surface area contributed by atoms with E-state index in [1.807, 2.05) is 25.7 Å². The Hall–Kier alpha value is -1.30. The van der Waals surface area contributed by atoms with Gasteiger partial charge >= 0.3 is 6.09 Å². The van der Waals surface area contributed by atoms with Gasteiger partial charge in [-0.2, -0.15) is 0 Å². The van der Waals surface area contributed by atoms with Crippen LogP contribution in [0.1, 0.15) is 40.0 Å². The number of likely N-dealkylation sites (tertiary alicyclic amines) is 2.